The van der Waals surface area contributed by atoms with Gasteiger partial charge in [0.05, 0.1) is 0 Å². The van der Waals surface area contributed by atoms with E-state index in [9.17, 15) is 0 Å². The molecule has 2 heteroatoms. The average molecular weight is 296 g/mol. The maximum absolute atomic E-state index is 2.23. The fourth-order valence-corrected chi connectivity index (χ4v) is 4.06. The molecule has 0 saturated heterocycles. The summed E-state index contributed by atoms with van der Waals surface area (Å²) in [5.74, 6) is 0. The van der Waals surface area contributed by atoms with Crippen LogP contribution in [0.2, 0.25) is 0 Å². The maximum Gasteiger partial charge on any atom is 0.0336 e. The third-order valence-corrected chi connectivity index (χ3v) is 5.37. The topological polar surface area (TPSA) is 0 Å². The Morgan fingerprint density at radius 3 is 2.30 bits per heavy atom. The van der Waals surface area contributed by atoms with Crippen molar-refractivity contribution in [3.05, 3.63) is 66.2 Å². The molecule has 0 nitrogen and oxygen atoms in total. The van der Waals surface area contributed by atoms with Gasteiger partial charge in [0.2, 0.25) is 0 Å². The van der Waals surface area contributed by atoms with E-state index in [0.29, 0.717) is 0 Å². The van der Waals surface area contributed by atoms with Crippen molar-refractivity contribution >= 4 is 34.3 Å². The van der Waals surface area contributed by atoms with Gasteiger partial charge < -0.3 is 0 Å². The molecule has 0 heterocycles. The van der Waals surface area contributed by atoms with Crippen LogP contribution in [0, 0.1) is 6.92 Å². The van der Waals surface area contributed by atoms with Crippen molar-refractivity contribution in [1.29, 1.82) is 0 Å². The monoisotopic (exact) mass is 296 g/mol. The number of benzene rings is 3. The van der Waals surface area contributed by atoms with E-state index in [1.807, 2.05) is 23.5 Å². The summed E-state index contributed by atoms with van der Waals surface area (Å²) in [6, 6.07) is 21.8. The predicted molar refractivity (Wildman–Crippen MR) is 91.0 cm³/mol. The van der Waals surface area contributed by atoms with Crippen LogP contribution in [0.4, 0.5) is 0 Å². The van der Waals surface area contributed by atoms with Gasteiger partial charge in [0.1, 0.15) is 0 Å². The molecule has 0 atom stereocenters. The lowest BCUT2D eigenvalue weighted by molar-refractivity contribution is 1.29. The Kier molecular flexibility index (Phi) is 4.04. The number of thioether (sulfide) groups is 1. The number of rotatable bonds is 3. The Morgan fingerprint density at radius 1 is 0.800 bits per heavy atom. The summed E-state index contributed by atoms with van der Waals surface area (Å²) in [5, 5.41) is 2.64. The van der Waals surface area contributed by atoms with Crippen LogP contribution in [0.3, 0.4) is 0 Å². The Balaban J connectivity index is 2.11. The number of hydrogen-bond acceptors (Lipinski definition) is 2. The highest BCUT2D eigenvalue weighted by atomic mass is 32.2. The first kappa shape index (κ1) is 13.6. The van der Waals surface area contributed by atoms with Crippen LogP contribution >= 0.6 is 23.5 Å². The van der Waals surface area contributed by atoms with Crippen molar-refractivity contribution in [2.75, 3.05) is 6.26 Å². The summed E-state index contributed by atoms with van der Waals surface area (Å²) in [5.41, 5.74) is 1.30. The molecule has 100 valence electrons. The molecule has 3 aromatic carbocycles. The molecule has 20 heavy (non-hydrogen) atoms. The van der Waals surface area contributed by atoms with Crippen LogP contribution in [0.1, 0.15) is 5.56 Å². The predicted octanol–water partition coefficient (Wildman–Crippen LogP) is 6.02. The van der Waals surface area contributed by atoms with E-state index < -0.39 is 0 Å². The highest BCUT2D eigenvalue weighted by molar-refractivity contribution is 8.02. The molecule has 0 fully saturated rings. The molecule has 0 aliphatic rings. The first-order valence-electron chi connectivity index (χ1n) is 6.58. The van der Waals surface area contributed by atoms with E-state index in [-0.39, 0.29) is 0 Å². The lowest BCUT2D eigenvalue weighted by Crippen LogP contribution is -1.83. The molecule has 0 unspecified atom stereocenters. The van der Waals surface area contributed by atoms with E-state index in [2.05, 4.69) is 73.8 Å². The average Bonchev–Trinajstić information content (AvgIpc) is 2.50. The summed E-state index contributed by atoms with van der Waals surface area (Å²) in [4.78, 5) is 4.00. The minimum atomic E-state index is 1.29. The quantitative estimate of drug-likeness (QED) is 0.542. The van der Waals surface area contributed by atoms with E-state index in [1.54, 1.807) is 0 Å². The minimum absolute atomic E-state index is 1.29. The highest BCUT2D eigenvalue weighted by Gasteiger charge is 2.08. The van der Waals surface area contributed by atoms with Gasteiger partial charge >= 0.3 is 0 Å². The van der Waals surface area contributed by atoms with Gasteiger partial charge in [-0.15, -0.1) is 11.8 Å². The van der Waals surface area contributed by atoms with Crippen LogP contribution in [0.15, 0.2) is 75.4 Å². The molecule has 0 aliphatic heterocycles. The zero-order valence-electron chi connectivity index (χ0n) is 11.6. The Labute approximate surface area is 128 Å². The van der Waals surface area contributed by atoms with Crippen molar-refractivity contribution in [2.45, 2.75) is 21.6 Å². The van der Waals surface area contributed by atoms with Crippen LogP contribution < -0.4 is 0 Å². The largest absolute Gasteiger partial charge is 0.128 e. The molecule has 3 rings (SSSR count). The van der Waals surface area contributed by atoms with Crippen molar-refractivity contribution in [3.63, 3.8) is 0 Å². The lowest BCUT2D eigenvalue weighted by Gasteiger charge is -2.11. The van der Waals surface area contributed by atoms with Gasteiger partial charge in [-0.2, -0.15) is 0 Å². The SMILES string of the molecule is CSc1ccc2ccccc2c1Sc1ccc(C)cc1. The van der Waals surface area contributed by atoms with Gasteiger partial charge in [-0.3, -0.25) is 0 Å². The smallest absolute Gasteiger partial charge is 0.0336 e. The first-order valence-corrected chi connectivity index (χ1v) is 8.62. The Bertz CT molecular complexity index is 730. The van der Waals surface area contributed by atoms with Crippen molar-refractivity contribution < 1.29 is 0 Å². The Hall–Kier alpha value is -1.38. The molecule has 3 aromatic rings. The zero-order valence-corrected chi connectivity index (χ0v) is 13.2. The molecule has 0 aliphatic carbocycles. The van der Waals surface area contributed by atoms with Crippen molar-refractivity contribution in [3.8, 4) is 0 Å². The van der Waals surface area contributed by atoms with Gasteiger partial charge in [-0.25, -0.2) is 0 Å². The van der Waals surface area contributed by atoms with Gasteiger partial charge in [0.25, 0.3) is 0 Å². The van der Waals surface area contributed by atoms with Gasteiger partial charge in [-0.05, 0) is 42.2 Å². The number of aryl methyl sites for hydroxylation is 1. The van der Waals surface area contributed by atoms with E-state index in [1.165, 1.54) is 31.0 Å². The van der Waals surface area contributed by atoms with E-state index >= 15 is 0 Å². The second-order valence-electron chi connectivity index (χ2n) is 4.73. The number of fused-ring (bicyclic) bond motifs is 1. The van der Waals surface area contributed by atoms with E-state index in [0.717, 1.165) is 0 Å². The summed E-state index contributed by atoms with van der Waals surface area (Å²) in [6.45, 7) is 2.12. The fourth-order valence-electron chi connectivity index (χ4n) is 2.21. The van der Waals surface area contributed by atoms with Crippen LogP contribution in [-0.4, -0.2) is 6.26 Å². The standard InChI is InChI=1S/C18H16S2/c1-13-7-10-15(11-8-13)20-18-16-6-4-3-5-14(16)9-12-17(18)19-2/h3-12H,1-2H3. The van der Waals surface area contributed by atoms with E-state index in [4.69, 9.17) is 0 Å². The van der Waals surface area contributed by atoms with Crippen LogP contribution in [0.25, 0.3) is 10.8 Å². The molecule has 0 radical (unpaired) electrons. The second-order valence-corrected chi connectivity index (χ2v) is 6.67. The minimum Gasteiger partial charge on any atom is -0.128 e. The van der Waals surface area contributed by atoms with Gasteiger partial charge in [0.15, 0.2) is 0 Å². The molecule has 0 saturated carbocycles. The summed E-state index contributed by atoms with van der Waals surface area (Å²) < 4.78 is 0. The molecular formula is C18H16S2. The molecule has 0 aromatic heterocycles. The van der Waals surface area contributed by atoms with Crippen LogP contribution in [-0.2, 0) is 0 Å². The lowest BCUT2D eigenvalue weighted by atomic mass is 10.1. The summed E-state index contributed by atoms with van der Waals surface area (Å²) in [7, 11) is 0. The molecule has 0 spiro atoms. The van der Waals surface area contributed by atoms with Gasteiger partial charge in [0, 0.05) is 14.7 Å². The van der Waals surface area contributed by atoms with Crippen LogP contribution in [0.5, 0.6) is 0 Å². The first-order chi connectivity index (χ1) is 9.78. The highest BCUT2D eigenvalue weighted by Crippen LogP contribution is 2.39. The maximum atomic E-state index is 2.23. The summed E-state index contributed by atoms with van der Waals surface area (Å²) >= 11 is 3.67. The molecule has 0 amide bonds. The normalized spacial score (nSPS) is 10.9. The molecule has 0 N–H and O–H groups in total. The zero-order chi connectivity index (χ0) is 13.9. The molecular weight excluding hydrogens is 280 g/mol. The summed E-state index contributed by atoms with van der Waals surface area (Å²) in [6.07, 6.45) is 2.14. The van der Waals surface area contributed by atoms with Gasteiger partial charge in [-0.1, -0.05) is 59.8 Å². The molecule has 0 bridgehead atoms. The van der Waals surface area contributed by atoms with Crippen molar-refractivity contribution in [2.24, 2.45) is 0 Å². The Morgan fingerprint density at radius 2 is 1.55 bits per heavy atom. The fraction of sp³-hybridized carbons (Fsp3) is 0.111. The number of hydrogen-bond donors (Lipinski definition) is 0. The second kappa shape index (κ2) is 5.94. The third kappa shape index (κ3) is 2.72. The van der Waals surface area contributed by atoms with Crippen molar-refractivity contribution in [1.82, 2.24) is 0 Å². The third-order valence-electron chi connectivity index (χ3n) is 3.30.